The maximum atomic E-state index is 12.2. The minimum Gasteiger partial charge on any atom is -0.497 e. The molecule has 0 atom stereocenters. The SMILES string of the molecule is CN=C(NCCNC(=O)c1cccc(C)c1)N1CCN(c2ccc(OC)cc2)CC1.I. The first-order valence-electron chi connectivity index (χ1n) is 10.3. The molecule has 0 bridgehead atoms. The van der Waals surface area contributed by atoms with Crippen molar-refractivity contribution in [3.05, 3.63) is 59.7 Å². The van der Waals surface area contributed by atoms with Gasteiger partial charge in [0.1, 0.15) is 5.75 Å². The lowest BCUT2D eigenvalue weighted by Gasteiger charge is -2.37. The number of halogens is 1. The predicted molar refractivity (Wildman–Crippen MR) is 137 cm³/mol. The topological polar surface area (TPSA) is 69.2 Å². The molecule has 1 aliphatic rings. The lowest BCUT2D eigenvalue weighted by atomic mass is 10.1. The number of piperazine rings is 1. The minimum atomic E-state index is -0.0522. The lowest BCUT2D eigenvalue weighted by Crippen LogP contribution is -2.53. The molecule has 3 rings (SSSR count). The van der Waals surface area contributed by atoms with Crippen molar-refractivity contribution >= 4 is 41.5 Å². The number of rotatable bonds is 6. The van der Waals surface area contributed by atoms with Crippen LogP contribution in [0.1, 0.15) is 15.9 Å². The van der Waals surface area contributed by atoms with Gasteiger partial charge in [-0.2, -0.15) is 0 Å². The molecule has 2 N–H and O–H groups in total. The van der Waals surface area contributed by atoms with Gasteiger partial charge in [0.15, 0.2) is 5.96 Å². The van der Waals surface area contributed by atoms with Crippen LogP contribution in [0, 0.1) is 6.92 Å². The van der Waals surface area contributed by atoms with Crippen molar-refractivity contribution in [3.8, 4) is 5.75 Å². The fourth-order valence-corrected chi connectivity index (χ4v) is 3.54. The lowest BCUT2D eigenvalue weighted by molar-refractivity contribution is 0.0954. The predicted octanol–water partition coefficient (Wildman–Crippen LogP) is 2.75. The summed E-state index contributed by atoms with van der Waals surface area (Å²) < 4.78 is 5.23. The third kappa shape index (κ3) is 7.02. The number of carbonyl (C=O) groups excluding carboxylic acids is 1. The average Bonchev–Trinajstić information content (AvgIpc) is 2.79. The van der Waals surface area contributed by atoms with Gasteiger partial charge in [-0.3, -0.25) is 9.79 Å². The van der Waals surface area contributed by atoms with E-state index in [9.17, 15) is 4.79 Å². The van der Waals surface area contributed by atoms with Crippen LogP contribution in [0.4, 0.5) is 5.69 Å². The van der Waals surface area contributed by atoms with E-state index in [-0.39, 0.29) is 29.9 Å². The van der Waals surface area contributed by atoms with E-state index in [0.29, 0.717) is 18.7 Å². The average molecular weight is 537 g/mol. The normalized spacial score (nSPS) is 14.0. The van der Waals surface area contributed by atoms with Gasteiger partial charge in [0.2, 0.25) is 0 Å². The third-order valence-corrected chi connectivity index (χ3v) is 5.20. The van der Waals surface area contributed by atoms with Gasteiger partial charge < -0.3 is 25.2 Å². The molecule has 1 aliphatic heterocycles. The Hall–Kier alpha value is -2.49. The third-order valence-electron chi connectivity index (χ3n) is 5.20. The monoisotopic (exact) mass is 537 g/mol. The number of benzene rings is 2. The van der Waals surface area contributed by atoms with Gasteiger partial charge in [0.25, 0.3) is 5.91 Å². The first-order chi connectivity index (χ1) is 14.6. The quantitative estimate of drug-likeness (QED) is 0.257. The highest BCUT2D eigenvalue weighted by Gasteiger charge is 2.19. The second-order valence-corrected chi connectivity index (χ2v) is 7.27. The van der Waals surface area contributed by atoms with Crippen LogP contribution < -0.4 is 20.3 Å². The fourth-order valence-electron chi connectivity index (χ4n) is 3.54. The number of ether oxygens (including phenoxy) is 1. The minimum absolute atomic E-state index is 0. The van der Waals surface area contributed by atoms with Crippen LogP contribution >= 0.6 is 24.0 Å². The molecule has 1 fully saturated rings. The van der Waals surface area contributed by atoms with Crippen LogP contribution in [0.2, 0.25) is 0 Å². The number of nitrogens with one attached hydrogen (secondary N) is 2. The maximum Gasteiger partial charge on any atom is 0.251 e. The molecule has 0 saturated carbocycles. The Morgan fingerprint density at radius 1 is 1.03 bits per heavy atom. The number of methoxy groups -OCH3 is 1. The summed E-state index contributed by atoms with van der Waals surface area (Å²) >= 11 is 0. The molecule has 0 radical (unpaired) electrons. The number of hydrogen-bond acceptors (Lipinski definition) is 4. The molecule has 1 saturated heterocycles. The van der Waals surface area contributed by atoms with E-state index in [1.807, 2.05) is 43.3 Å². The van der Waals surface area contributed by atoms with Crippen LogP contribution in [-0.2, 0) is 0 Å². The highest BCUT2D eigenvalue weighted by atomic mass is 127. The van der Waals surface area contributed by atoms with Gasteiger partial charge >= 0.3 is 0 Å². The van der Waals surface area contributed by atoms with Gasteiger partial charge in [-0.15, -0.1) is 24.0 Å². The summed E-state index contributed by atoms with van der Waals surface area (Å²) in [6.45, 7) is 6.79. The summed E-state index contributed by atoms with van der Waals surface area (Å²) in [4.78, 5) is 21.3. The van der Waals surface area contributed by atoms with Crippen molar-refractivity contribution in [1.29, 1.82) is 0 Å². The zero-order chi connectivity index (χ0) is 21.3. The molecule has 1 heterocycles. The van der Waals surface area contributed by atoms with E-state index >= 15 is 0 Å². The number of anilines is 1. The molecule has 8 heteroatoms. The number of aliphatic imine (C=N–C) groups is 1. The van der Waals surface area contributed by atoms with Crippen LogP contribution in [0.3, 0.4) is 0 Å². The summed E-state index contributed by atoms with van der Waals surface area (Å²) in [5.74, 6) is 1.69. The van der Waals surface area contributed by atoms with Crippen LogP contribution in [0.15, 0.2) is 53.5 Å². The molecule has 0 unspecified atom stereocenters. The van der Waals surface area contributed by atoms with Gasteiger partial charge in [-0.05, 0) is 43.3 Å². The van der Waals surface area contributed by atoms with Gasteiger partial charge in [0.05, 0.1) is 7.11 Å². The standard InChI is InChI=1S/C23H31N5O2.HI/c1-18-5-4-6-19(17-18)22(29)25-11-12-26-23(24-2)28-15-13-27(14-16-28)20-7-9-21(30-3)10-8-20;/h4-10,17H,11-16H2,1-3H3,(H,24,26)(H,25,29);1H. The van der Waals surface area contributed by atoms with E-state index in [4.69, 9.17) is 4.74 Å². The summed E-state index contributed by atoms with van der Waals surface area (Å²) in [5, 5.41) is 6.31. The molecule has 168 valence electrons. The molecule has 2 aromatic carbocycles. The Kier molecular flexibility index (Phi) is 9.90. The second-order valence-electron chi connectivity index (χ2n) is 7.27. The molecule has 7 nitrogen and oxygen atoms in total. The first-order valence-corrected chi connectivity index (χ1v) is 10.3. The molecule has 1 amide bonds. The molecule has 0 aliphatic carbocycles. The van der Waals surface area contributed by atoms with E-state index in [2.05, 4.69) is 37.6 Å². The second kappa shape index (κ2) is 12.4. The Bertz CT molecular complexity index is 865. The maximum absolute atomic E-state index is 12.2. The van der Waals surface area contributed by atoms with Crippen molar-refractivity contribution in [3.63, 3.8) is 0 Å². The summed E-state index contributed by atoms with van der Waals surface area (Å²) in [5.41, 5.74) is 2.97. The number of aryl methyl sites for hydroxylation is 1. The van der Waals surface area contributed by atoms with E-state index in [1.54, 1.807) is 14.2 Å². The first kappa shape index (κ1) is 24.8. The van der Waals surface area contributed by atoms with Crippen molar-refractivity contribution in [2.45, 2.75) is 6.92 Å². The molecule has 0 aromatic heterocycles. The number of guanidine groups is 1. The van der Waals surface area contributed by atoms with Crippen molar-refractivity contribution < 1.29 is 9.53 Å². The van der Waals surface area contributed by atoms with E-state index < -0.39 is 0 Å². The summed E-state index contributed by atoms with van der Waals surface area (Å²) in [7, 11) is 3.48. The number of carbonyl (C=O) groups is 1. The molecule has 2 aromatic rings. The smallest absolute Gasteiger partial charge is 0.251 e. The molecular formula is C23H32IN5O2. The molecular weight excluding hydrogens is 505 g/mol. The summed E-state index contributed by atoms with van der Waals surface area (Å²) in [6.07, 6.45) is 0. The van der Waals surface area contributed by atoms with Crippen molar-refractivity contribution in [2.24, 2.45) is 4.99 Å². The van der Waals surface area contributed by atoms with Crippen molar-refractivity contribution in [2.75, 3.05) is 58.3 Å². The van der Waals surface area contributed by atoms with E-state index in [0.717, 1.165) is 43.5 Å². The number of nitrogens with zero attached hydrogens (tertiary/aromatic N) is 3. The van der Waals surface area contributed by atoms with E-state index in [1.165, 1.54) is 5.69 Å². The highest BCUT2D eigenvalue weighted by Crippen LogP contribution is 2.20. The van der Waals surface area contributed by atoms with Crippen LogP contribution in [-0.4, -0.2) is 70.2 Å². The van der Waals surface area contributed by atoms with Crippen LogP contribution in [0.25, 0.3) is 0 Å². The Morgan fingerprint density at radius 3 is 2.32 bits per heavy atom. The Morgan fingerprint density at radius 2 is 1.71 bits per heavy atom. The van der Waals surface area contributed by atoms with Crippen molar-refractivity contribution in [1.82, 2.24) is 15.5 Å². The zero-order valence-electron chi connectivity index (χ0n) is 18.4. The Labute approximate surface area is 201 Å². The van der Waals surface area contributed by atoms with Gasteiger partial charge in [-0.1, -0.05) is 17.7 Å². The highest BCUT2D eigenvalue weighted by molar-refractivity contribution is 14.0. The summed E-state index contributed by atoms with van der Waals surface area (Å²) in [6, 6.07) is 15.8. The zero-order valence-corrected chi connectivity index (χ0v) is 20.8. The number of hydrogen-bond donors (Lipinski definition) is 2. The number of amides is 1. The Balaban J connectivity index is 0.00000341. The van der Waals surface area contributed by atoms with Gasteiger partial charge in [-0.25, -0.2) is 0 Å². The van der Waals surface area contributed by atoms with Crippen LogP contribution in [0.5, 0.6) is 5.75 Å². The largest absolute Gasteiger partial charge is 0.497 e. The fraction of sp³-hybridized carbons (Fsp3) is 0.391. The molecule has 31 heavy (non-hydrogen) atoms. The molecule has 0 spiro atoms. The van der Waals surface area contributed by atoms with Gasteiger partial charge in [0, 0.05) is 57.6 Å².